The van der Waals surface area contributed by atoms with Gasteiger partial charge in [0.1, 0.15) is 18.3 Å². The van der Waals surface area contributed by atoms with E-state index in [2.05, 4.69) is 19.1 Å². The highest BCUT2D eigenvalue weighted by Gasteiger charge is 2.33. The van der Waals surface area contributed by atoms with Crippen molar-refractivity contribution >= 4 is 12.3 Å². The van der Waals surface area contributed by atoms with Gasteiger partial charge < -0.3 is 25.2 Å². The summed E-state index contributed by atoms with van der Waals surface area (Å²) in [6.07, 6.45) is 13.0. The summed E-state index contributed by atoms with van der Waals surface area (Å²) >= 11 is 0. The van der Waals surface area contributed by atoms with E-state index in [1.807, 2.05) is 0 Å². The molecule has 0 aliphatic rings. The van der Waals surface area contributed by atoms with Gasteiger partial charge in [0.05, 0.1) is 6.61 Å². The number of aliphatic hydroxyl groups excluding tert-OH is 4. The van der Waals surface area contributed by atoms with Crippen molar-refractivity contribution in [3.05, 3.63) is 12.2 Å². The number of unbranched alkanes of at least 4 members (excludes halogenated alkanes) is 11. The average molecular weight is 445 g/mol. The number of allylic oxidation sites excluding steroid dienone is 2. The summed E-state index contributed by atoms with van der Waals surface area (Å²) in [5.41, 5.74) is 0. The van der Waals surface area contributed by atoms with E-state index in [1.165, 1.54) is 44.9 Å². The molecule has 0 aliphatic carbocycles. The molecule has 0 aromatic rings. The summed E-state index contributed by atoms with van der Waals surface area (Å²) in [5.74, 6) is -0.639. The topological polar surface area (TPSA) is 124 Å². The second-order valence-corrected chi connectivity index (χ2v) is 8.16. The molecule has 4 atom stereocenters. The van der Waals surface area contributed by atoms with Crippen LogP contribution in [-0.4, -0.2) is 63.7 Å². The van der Waals surface area contributed by atoms with E-state index in [9.17, 15) is 24.9 Å². The summed E-state index contributed by atoms with van der Waals surface area (Å²) in [5, 5.41) is 37.5. The van der Waals surface area contributed by atoms with Crippen LogP contribution in [0.15, 0.2) is 12.2 Å². The summed E-state index contributed by atoms with van der Waals surface area (Å²) in [6, 6.07) is 0. The normalized spacial score (nSPS) is 15.5. The molecule has 7 heteroatoms. The van der Waals surface area contributed by atoms with Crippen LogP contribution in [0.5, 0.6) is 0 Å². The van der Waals surface area contributed by atoms with Gasteiger partial charge in [0, 0.05) is 6.42 Å². The molecule has 0 amide bonds. The quantitative estimate of drug-likeness (QED) is 0.0927. The van der Waals surface area contributed by atoms with Crippen molar-refractivity contribution in [1.29, 1.82) is 0 Å². The van der Waals surface area contributed by atoms with E-state index in [4.69, 9.17) is 9.84 Å². The summed E-state index contributed by atoms with van der Waals surface area (Å²) in [6.45, 7) is 1.45. The maximum atomic E-state index is 11.8. The molecule has 0 aromatic carbocycles. The highest BCUT2D eigenvalue weighted by molar-refractivity contribution is 5.72. The zero-order valence-electron chi connectivity index (χ0n) is 19.2. The fourth-order valence-corrected chi connectivity index (χ4v) is 3.26. The van der Waals surface area contributed by atoms with E-state index in [1.54, 1.807) is 0 Å². The molecule has 0 saturated heterocycles. The minimum Gasteiger partial charge on any atom is -0.452 e. The predicted molar refractivity (Wildman–Crippen MR) is 121 cm³/mol. The van der Waals surface area contributed by atoms with Crippen LogP contribution in [-0.2, 0) is 14.3 Å². The number of rotatable bonds is 21. The molecule has 0 saturated carbocycles. The second-order valence-electron chi connectivity index (χ2n) is 8.16. The molecule has 4 N–H and O–H groups in total. The zero-order chi connectivity index (χ0) is 23.3. The van der Waals surface area contributed by atoms with Crippen molar-refractivity contribution in [3.8, 4) is 0 Å². The fraction of sp³-hybridized carbons (Fsp3) is 0.833. The second kappa shape index (κ2) is 20.6. The van der Waals surface area contributed by atoms with E-state index < -0.39 is 37.0 Å². The van der Waals surface area contributed by atoms with Gasteiger partial charge in [-0.3, -0.25) is 9.59 Å². The number of hydrogen-bond donors (Lipinski definition) is 4. The number of aldehydes is 1. The van der Waals surface area contributed by atoms with Gasteiger partial charge in [0.2, 0.25) is 0 Å². The molecule has 182 valence electrons. The van der Waals surface area contributed by atoms with Crippen molar-refractivity contribution < 1.29 is 34.8 Å². The van der Waals surface area contributed by atoms with Crippen LogP contribution in [0.25, 0.3) is 0 Å². The van der Waals surface area contributed by atoms with E-state index in [0.29, 0.717) is 6.42 Å². The number of hydrogen-bond acceptors (Lipinski definition) is 7. The highest BCUT2D eigenvalue weighted by atomic mass is 16.6. The number of esters is 1. The van der Waals surface area contributed by atoms with Crippen LogP contribution in [0.2, 0.25) is 0 Å². The molecule has 0 rings (SSSR count). The first-order valence-electron chi connectivity index (χ1n) is 11.9. The van der Waals surface area contributed by atoms with Gasteiger partial charge in [0.25, 0.3) is 0 Å². The Bertz CT molecular complexity index is 467. The standard InChI is InChI=1S/C24H44O7/c1-2-3-4-5-6-7-8-9-10-11-12-13-14-15-16-17-22(28)31-21(19-26)24(30)23(29)20(27)18-25/h9-10,19-21,23-25,27,29-30H,2-8,11-18H2,1H3/b10-9-/t20-,21+,23+,24-/m1/s1. The summed E-state index contributed by atoms with van der Waals surface area (Å²) in [4.78, 5) is 22.8. The molecule has 0 fully saturated rings. The van der Waals surface area contributed by atoms with Crippen molar-refractivity contribution in [1.82, 2.24) is 0 Å². The van der Waals surface area contributed by atoms with Crippen molar-refractivity contribution in [2.24, 2.45) is 0 Å². The molecule has 0 heterocycles. The molecule has 0 spiro atoms. The molecular weight excluding hydrogens is 400 g/mol. The Kier molecular flexibility index (Phi) is 19.8. The van der Waals surface area contributed by atoms with Crippen molar-refractivity contribution in [2.75, 3.05) is 6.61 Å². The van der Waals surface area contributed by atoms with E-state index >= 15 is 0 Å². The van der Waals surface area contributed by atoms with E-state index in [-0.39, 0.29) is 12.7 Å². The largest absolute Gasteiger partial charge is 0.452 e. The Labute approximate surface area is 187 Å². The van der Waals surface area contributed by atoms with Gasteiger partial charge in [-0.1, -0.05) is 70.4 Å². The first-order chi connectivity index (χ1) is 15.0. The summed E-state index contributed by atoms with van der Waals surface area (Å²) < 4.78 is 4.88. The van der Waals surface area contributed by atoms with Gasteiger partial charge in [-0.25, -0.2) is 0 Å². The maximum Gasteiger partial charge on any atom is 0.306 e. The molecule has 0 aromatic heterocycles. The fourth-order valence-electron chi connectivity index (χ4n) is 3.26. The Hall–Kier alpha value is -1.28. The summed E-state index contributed by atoms with van der Waals surface area (Å²) in [7, 11) is 0. The molecule has 7 nitrogen and oxygen atoms in total. The van der Waals surface area contributed by atoms with Gasteiger partial charge in [0.15, 0.2) is 12.4 Å². The van der Waals surface area contributed by atoms with Gasteiger partial charge in [-0.2, -0.15) is 0 Å². The lowest BCUT2D eigenvalue weighted by molar-refractivity contribution is -0.168. The lowest BCUT2D eigenvalue weighted by atomic mass is 10.0. The van der Waals surface area contributed by atoms with Gasteiger partial charge >= 0.3 is 5.97 Å². The number of aliphatic hydroxyl groups is 4. The first-order valence-corrected chi connectivity index (χ1v) is 11.9. The smallest absolute Gasteiger partial charge is 0.306 e. The lowest BCUT2D eigenvalue weighted by Gasteiger charge is -2.25. The van der Waals surface area contributed by atoms with Crippen LogP contribution in [0, 0.1) is 0 Å². The number of ether oxygens (including phenoxy) is 1. The van der Waals surface area contributed by atoms with E-state index in [0.717, 1.165) is 32.1 Å². The predicted octanol–water partition coefficient (Wildman–Crippen LogP) is 3.21. The van der Waals surface area contributed by atoms with Gasteiger partial charge in [-0.15, -0.1) is 0 Å². The van der Waals surface area contributed by atoms with Crippen LogP contribution in [0.1, 0.15) is 96.8 Å². The average Bonchev–Trinajstić information content (AvgIpc) is 2.78. The molecule has 31 heavy (non-hydrogen) atoms. The molecule has 0 bridgehead atoms. The lowest BCUT2D eigenvalue weighted by Crippen LogP contribution is -2.48. The number of carbonyl (C=O) groups is 2. The minimum absolute atomic E-state index is 0.119. The van der Waals surface area contributed by atoms with Crippen molar-refractivity contribution in [3.63, 3.8) is 0 Å². The van der Waals surface area contributed by atoms with Crippen LogP contribution in [0.4, 0.5) is 0 Å². The highest BCUT2D eigenvalue weighted by Crippen LogP contribution is 2.12. The Morgan fingerprint density at radius 1 is 0.806 bits per heavy atom. The van der Waals surface area contributed by atoms with Crippen LogP contribution >= 0.6 is 0 Å². The van der Waals surface area contributed by atoms with Crippen LogP contribution < -0.4 is 0 Å². The Balaban J connectivity index is 3.70. The molecule has 0 aliphatic heterocycles. The number of carbonyl (C=O) groups excluding carboxylic acids is 2. The minimum atomic E-state index is -1.79. The Morgan fingerprint density at radius 3 is 1.84 bits per heavy atom. The van der Waals surface area contributed by atoms with Crippen LogP contribution in [0.3, 0.4) is 0 Å². The monoisotopic (exact) mass is 444 g/mol. The molecule has 0 unspecified atom stereocenters. The molecular formula is C24H44O7. The zero-order valence-corrected chi connectivity index (χ0v) is 19.2. The van der Waals surface area contributed by atoms with Crippen molar-refractivity contribution in [2.45, 2.75) is 121 Å². The Morgan fingerprint density at radius 2 is 1.32 bits per heavy atom. The third-order valence-electron chi connectivity index (χ3n) is 5.31. The molecule has 0 radical (unpaired) electrons. The third kappa shape index (κ3) is 16.1. The van der Waals surface area contributed by atoms with Gasteiger partial charge in [-0.05, 0) is 32.1 Å². The first kappa shape index (κ1) is 29.7. The SMILES string of the molecule is CCCCCCCC/C=C\CCCCCCCC(=O)O[C@@H](C=O)[C@@H](O)[C@@H](O)[C@H](O)CO. The third-order valence-corrected chi connectivity index (χ3v) is 5.31. The maximum absolute atomic E-state index is 11.8.